The van der Waals surface area contributed by atoms with Crippen LogP contribution in [0.2, 0.25) is 0 Å². The van der Waals surface area contributed by atoms with Gasteiger partial charge in [-0.1, -0.05) is 70.5 Å². The Morgan fingerprint density at radius 3 is 1.77 bits per heavy atom. The topological polar surface area (TPSA) is 4.93 Å². The van der Waals surface area contributed by atoms with Crippen molar-refractivity contribution in [3.05, 3.63) is 48.5 Å². The number of fused-ring (bicyclic) bond motifs is 3. The van der Waals surface area contributed by atoms with Crippen molar-refractivity contribution in [2.24, 2.45) is 11.8 Å². The van der Waals surface area contributed by atoms with Crippen LogP contribution in [-0.2, 0) is 0 Å². The molecule has 1 nitrogen and oxygen atoms in total. The molecule has 1 heterocycles. The first-order valence-electron chi connectivity index (χ1n) is 8.61. The van der Waals surface area contributed by atoms with Gasteiger partial charge in [0.25, 0.3) is 0 Å². The lowest BCUT2D eigenvalue weighted by atomic mass is 9.91. The molecule has 0 aliphatic heterocycles. The van der Waals surface area contributed by atoms with Crippen molar-refractivity contribution in [1.29, 1.82) is 0 Å². The Morgan fingerprint density at radius 2 is 1.32 bits per heavy atom. The van der Waals surface area contributed by atoms with Gasteiger partial charge in [-0.25, -0.2) is 0 Å². The molecule has 116 valence electrons. The quantitative estimate of drug-likeness (QED) is 0.511. The Balaban J connectivity index is 2.25. The van der Waals surface area contributed by atoms with Gasteiger partial charge in [0.15, 0.2) is 0 Å². The predicted molar refractivity (Wildman–Crippen MR) is 97.4 cm³/mol. The molecule has 0 amide bonds. The second kappa shape index (κ2) is 6.16. The molecule has 2 atom stereocenters. The Kier molecular flexibility index (Phi) is 4.24. The maximum absolute atomic E-state index is 2.60. The summed E-state index contributed by atoms with van der Waals surface area (Å²) in [6.07, 6.45) is 2.50. The number of hydrogen-bond acceptors (Lipinski definition) is 0. The third kappa shape index (κ3) is 2.54. The van der Waals surface area contributed by atoms with Crippen molar-refractivity contribution >= 4 is 21.8 Å². The molecule has 1 aromatic heterocycles. The number of hydrogen-bond donors (Lipinski definition) is 0. The lowest BCUT2D eigenvalue weighted by Gasteiger charge is -2.27. The Hall–Kier alpha value is -1.76. The largest absolute Gasteiger partial charge is 0.337 e. The van der Waals surface area contributed by atoms with Gasteiger partial charge in [-0.3, -0.25) is 0 Å². The van der Waals surface area contributed by atoms with Crippen LogP contribution in [0.4, 0.5) is 0 Å². The molecule has 1 heteroatoms. The predicted octanol–water partition coefficient (Wildman–Crippen LogP) is 6.43. The SMILES string of the molecule is CCC(C)CC(C(C)C)n1c2ccccc2c2ccccc21. The van der Waals surface area contributed by atoms with Gasteiger partial charge in [-0.05, 0) is 30.4 Å². The molecule has 3 aromatic rings. The molecule has 0 N–H and O–H groups in total. The summed E-state index contributed by atoms with van der Waals surface area (Å²) in [5.74, 6) is 1.39. The van der Waals surface area contributed by atoms with Crippen molar-refractivity contribution < 1.29 is 0 Å². The van der Waals surface area contributed by atoms with Crippen LogP contribution >= 0.6 is 0 Å². The number of rotatable bonds is 5. The highest BCUT2D eigenvalue weighted by Gasteiger charge is 2.22. The van der Waals surface area contributed by atoms with E-state index in [4.69, 9.17) is 0 Å². The highest BCUT2D eigenvalue weighted by Crippen LogP contribution is 2.37. The molecule has 0 spiro atoms. The van der Waals surface area contributed by atoms with Crippen LogP contribution < -0.4 is 0 Å². The molecule has 0 aliphatic carbocycles. The third-order valence-electron chi connectivity index (χ3n) is 5.06. The Labute approximate surface area is 133 Å². The fourth-order valence-corrected chi connectivity index (χ4v) is 3.56. The molecule has 0 bridgehead atoms. The van der Waals surface area contributed by atoms with E-state index >= 15 is 0 Å². The molecular formula is C21H27N. The highest BCUT2D eigenvalue weighted by molar-refractivity contribution is 6.08. The average molecular weight is 293 g/mol. The van der Waals surface area contributed by atoms with E-state index in [1.54, 1.807) is 0 Å². The Bertz CT molecular complexity index is 713. The summed E-state index contributed by atoms with van der Waals surface area (Å²) >= 11 is 0. The summed E-state index contributed by atoms with van der Waals surface area (Å²) < 4.78 is 2.60. The highest BCUT2D eigenvalue weighted by atomic mass is 15.0. The summed E-state index contributed by atoms with van der Waals surface area (Å²) in [5.41, 5.74) is 2.76. The minimum Gasteiger partial charge on any atom is -0.337 e. The first-order chi connectivity index (χ1) is 10.6. The van der Waals surface area contributed by atoms with E-state index in [-0.39, 0.29) is 0 Å². The van der Waals surface area contributed by atoms with Gasteiger partial charge in [0.2, 0.25) is 0 Å². The number of benzene rings is 2. The molecule has 2 unspecified atom stereocenters. The fourth-order valence-electron chi connectivity index (χ4n) is 3.56. The van der Waals surface area contributed by atoms with E-state index in [1.165, 1.54) is 34.6 Å². The molecule has 0 radical (unpaired) electrons. The first kappa shape index (κ1) is 15.1. The van der Waals surface area contributed by atoms with Crippen molar-refractivity contribution in [2.75, 3.05) is 0 Å². The van der Waals surface area contributed by atoms with Crippen LogP contribution in [0.25, 0.3) is 21.8 Å². The maximum Gasteiger partial charge on any atom is 0.0494 e. The third-order valence-corrected chi connectivity index (χ3v) is 5.06. The lowest BCUT2D eigenvalue weighted by Crippen LogP contribution is -2.18. The summed E-state index contributed by atoms with van der Waals surface area (Å²) in [5, 5.41) is 2.76. The minimum atomic E-state index is 0.555. The Morgan fingerprint density at radius 1 is 0.818 bits per heavy atom. The first-order valence-corrected chi connectivity index (χ1v) is 8.61. The molecule has 0 fully saturated rings. The average Bonchev–Trinajstić information content (AvgIpc) is 2.86. The number of para-hydroxylation sites is 2. The molecule has 0 saturated carbocycles. The van der Waals surface area contributed by atoms with Crippen molar-refractivity contribution in [3.63, 3.8) is 0 Å². The van der Waals surface area contributed by atoms with E-state index in [9.17, 15) is 0 Å². The molecule has 0 aliphatic rings. The standard InChI is InChI=1S/C21H27N/c1-5-16(4)14-21(15(2)3)22-19-12-8-6-10-17(19)18-11-7-9-13-20(18)22/h6-13,15-16,21H,5,14H2,1-4H3. The molecule has 22 heavy (non-hydrogen) atoms. The lowest BCUT2D eigenvalue weighted by molar-refractivity contribution is 0.313. The van der Waals surface area contributed by atoms with Crippen molar-refractivity contribution in [3.8, 4) is 0 Å². The number of aromatic nitrogens is 1. The number of nitrogens with zero attached hydrogens (tertiary/aromatic N) is 1. The van der Waals surface area contributed by atoms with Crippen LogP contribution in [-0.4, -0.2) is 4.57 Å². The van der Waals surface area contributed by atoms with Crippen LogP contribution in [0.5, 0.6) is 0 Å². The van der Waals surface area contributed by atoms with Gasteiger partial charge in [-0.2, -0.15) is 0 Å². The van der Waals surface area contributed by atoms with Crippen molar-refractivity contribution in [2.45, 2.75) is 46.6 Å². The van der Waals surface area contributed by atoms with E-state index in [0.717, 1.165) is 5.92 Å². The van der Waals surface area contributed by atoms with Gasteiger partial charge < -0.3 is 4.57 Å². The van der Waals surface area contributed by atoms with Gasteiger partial charge in [0.1, 0.15) is 0 Å². The van der Waals surface area contributed by atoms with Gasteiger partial charge in [0.05, 0.1) is 0 Å². The zero-order chi connectivity index (χ0) is 15.7. The zero-order valence-corrected chi connectivity index (χ0v) is 14.2. The monoisotopic (exact) mass is 293 g/mol. The summed E-state index contributed by atoms with van der Waals surface area (Å²) in [7, 11) is 0. The summed E-state index contributed by atoms with van der Waals surface area (Å²) in [6.45, 7) is 9.39. The molecule has 0 saturated heterocycles. The molecule has 3 rings (SSSR count). The normalized spacial score (nSPS) is 14.8. The van der Waals surface area contributed by atoms with E-state index in [2.05, 4.69) is 80.8 Å². The van der Waals surface area contributed by atoms with Gasteiger partial charge in [-0.15, -0.1) is 0 Å². The smallest absolute Gasteiger partial charge is 0.0494 e. The van der Waals surface area contributed by atoms with Crippen LogP contribution in [0, 0.1) is 11.8 Å². The summed E-state index contributed by atoms with van der Waals surface area (Å²) in [6, 6.07) is 18.3. The fraction of sp³-hybridized carbons (Fsp3) is 0.429. The van der Waals surface area contributed by atoms with Crippen LogP contribution in [0.15, 0.2) is 48.5 Å². The van der Waals surface area contributed by atoms with E-state index < -0.39 is 0 Å². The van der Waals surface area contributed by atoms with E-state index in [0.29, 0.717) is 12.0 Å². The van der Waals surface area contributed by atoms with Crippen LogP contribution in [0.1, 0.15) is 46.6 Å². The zero-order valence-electron chi connectivity index (χ0n) is 14.2. The van der Waals surface area contributed by atoms with Gasteiger partial charge >= 0.3 is 0 Å². The second-order valence-electron chi connectivity index (χ2n) is 6.96. The second-order valence-corrected chi connectivity index (χ2v) is 6.96. The van der Waals surface area contributed by atoms with E-state index in [1.807, 2.05) is 0 Å². The van der Waals surface area contributed by atoms with Gasteiger partial charge in [0, 0.05) is 27.8 Å². The van der Waals surface area contributed by atoms with Crippen molar-refractivity contribution in [1.82, 2.24) is 4.57 Å². The van der Waals surface area contributed by atoms with Crippen LogP contribution in [0.3, 0.4) is 0 Å². The summed E-state index contributed by atoms with van der Waals surface area (Å²) in [4.78, 5) is 0. The molecular weight excluding hydrogens is 266 g/mol. The molecule has 2 aromatic carbocycles. The minimum absolute atomic E-state index is 0.555. The maximum atomic E-state index is 2.60.